The number of rotatable bonds is 10. The maximum Gasteiger partial charge on any atom is 0.192 e. The average molecular weight is 449 g/mol. The van der Waals surface area contributed by atoms with Crippen LogP contribution in [0.2, 0.25) is 0 Å². The van der Waals surface area contributed by atoms with Crippen molar-refractivity contribution in [3.05, 3.63) is 133 Å². The van der Waals surface area contributed by atoms with E-state index >= 15 is 0 Å². The fourth-order valence-corrected chi connectivity index (χ4v) is 4.41. The van der Waals surface area contributed by atoms with Crippen molar-refractivity contribution in [1.29, 1.82) is 0 Å². The first-order valence-corrected chi connectivity index (χ1v) is 12.0. The molecule has 5 rings (SSSR count). The summed E-state index contributed by atoms with van der Waals surface area (Å²) in [6.07, 6.45) is 26.0. The fraction of sp³-hybridized carbons (Fsp3) is 0.200. The molecule has 2 aliphatic carbocycles. The van der Waals surface area contributed by atoms with Gasteiger partial charge < -0.3 is 10.6 Å². The van der Waals surface area contributed by atoms with E-state index < -0.39 is 0 Å². The molecule has 0 bridgehead atoms. The van der Waals surface area contributed by atoms with Crippen LogP contribution < -0.4 is 19.8 Å². The number of hydrogen-bond acceptors (Lipinski definition) is 2. The molecule has 0 aliphatic heterocycles. The number of pyridine rings is 2. The van der Waals surface area contributed by atoms with Gasteiger partial charge in [-0.25, -0.2) is 0 Å². The summed E-state index contributed by atoms with van der Waals surface area (Å²) in [5.41, 5.74) is 4.96. The first-order chi connectivity index (χ1) is 16.8. The highest BCUT2D eigenvalue weighted by atomic mass is 15.0. The predicted octanol–water partition coefficient (Wildman–Crippen LogP) is 4.67. The summed E-state index contributed by atoms with van der Waals surface area (Å²) in [7, 11) is 0. The SMILES string of the molecule is C1=CC(CNc2ccc[n+](Cc3ccccc3C[n+]3cccc(NCC4C=CC=C4)c3)c2)C=C1. The summed E-state index contributed by atoms with van der Waals surface area (Å²) >= 11 is 0. The van der Waals surface area contributed by atoms with Crippen LogP contribution in [0.4, 0.5) is 11.4 Å². The predicted molar refractivity (Wildman–Crippen MR) is 138 cm³/mol. The lowest BCUT2D eigenvalue weighted by Gasteiger charge is -2.10. The van der Waals surface area contributed by atoms with Gasteiger partial charge in [-0.1, -0.05) is 72.9 Å². The van der Waals surface area contributed by atoms with Gasteiger partial charge in [-0.05, 0) is 12.1 Å². The normalized spacial score (nSPS) is 14.8. The third kappa shape index (κ3) is 5.90. The number of benzene rings is 1. The first kappa shape index (κ1) is 21.9. The van der Waals surface area contributed by atoms with Gasteiger partial charge in [-0.15, -0.1) is 0 Å². The molecule has 0 saturated heterocycles. The number of anilines is 2. The second-order valence-electron chi connectivity index (χ2n) is 8.93. The minimum absolute atomic E-state index is 0.475. The van der Waals surface area contributed by atoms with Crippen LogP contribution in [0.5, 0.6) is 0 Å². The van der Waals surface area contributed by atoms with E-state index in [4.69, 9.17) is 0 Å². The molecule has 2 N–H and O–H groups in total. The Hall–Kier alpha value is -3.92. The summed E-state index contributed by atoms with van der Waals surface area (Å²) in [5, 5.41) is 7.13. The number of nitrogens with zero attached hydrogens (tertiary/aromatic N) is 2. The van der Waals surface area contributed by atoms with Gasteiger partial charge in [-0.3, -0.25) is 0 Å². The molecule has 4 heteroatoms. The molecule has 170 valence electrons. The Morgan fingerprint density at radius 2 is 1.00 bits per heavy atom. The van der Waals surface area contributed by atoms with E-state index in [1.807, 2.05) is 0 Å². The molecule has 0 saturated carbocycles. The molecular weight excluding hydrogens is 416 g/mol. The summed E-state index contributed by atoms with van der Waals surface area (Å²) in [5.74, 6) is 0.950. The standard InChI is InChI=1S/C30H32N4/c1-2-10-25(9-1)19-31-29-15-7-17-33(23-29)21-27-13-5-6-14-28(27)22-34-18-8-16-30(24-34)32-20-26-11-3-4-12-26/h1-18,23-26,31-32H,19-22H2/q+2. The van der Waals surface area contributed by atoms with Gasteiger partial charge in [-0.2, -0.15) is 9.13 Å². The lowest BCUT2D eigenvalue weighted by molar-refractivity contribution is -0.692. The van der Waals surface area contributed by atoms with Crippen LogP contribution in [0.15, 0.2) is 122 Å². The zero-order valence-electron chi connectivity index (χ0n) is 19.4. The molecule has 0 unspecified atom stereocenters. The third-order valence-electron chi connectivity index (χ3n) is 6.28. The first-order valence-electron chi connectivity index (χ1n) is 12.0. The Labute approximate surface area is 202 Å². The smallest absolute Gasteiger partial charge is 0.192 e. The molecule has 34 heavy (non-hydrogen) atoms. The summed E-state index contributed by atoms with van der Waals surface area (Å²) in [6, 6.07) is 17.2. The van der Waals surface area contributed by atoms with E-state index in [-0.39, 0.29) is 0 Å². The van der Waals surface area contributed by atoms with Gasteiger partial charge in [0.1, 0.15) is 0 Å². The summed E-state index contributed by atoms with van der Waals surface area (Å²) < 4.78 is 4.51. The molecule has 0 radical (unpaired) electrons. The highest BCUT2D eigenvalue weighted by molar-refractivity contribution is 5.40. The summed E-state index contributed by atoms with van der Waals surface area (Å²) in [6.45, 7) is 3.52. The Balaban J connectivity index is 1.24. The molecule has 2 aliphatic rings. The van der Waals surface area contributed by atoms with E-state index in [2.05, 4.69) is 142 Å². The minimum Gasteiger partial charge on any atom is -0.379 e. The third-order valence-corrected chi connectivity index (χ3v) is 6.28. The van der Waals surface area contributed by atoms with Crippen LogP contribution in [0.25, 0.3) is 0 Å². The van der Waals surface area contributed by atoms with Crippen molar-refractivity contribution in [2.24, 2.45) is 11.8 Å². The van der Waals surface area contributed by atoms with Crippen molar-refractivity contribution < 1.29 is 9.13 Å². The van der Waals surface area contributed by atoms with Gasteiger partial charge in [0.15, 0.2) is 37.9 Å². The number of hydrogen-bond donors (Lipinski definition) is 2. The van der Waals surface area contributed by atoms with Crippen molar-refractivity contribution in [2.75, 3.05) is 23.7 Å². The Morgan fingerprint density at radius 3 is 1.44 bits per heavy atom. The zero-order chi connectivity index (χ0) is 23.0. The monoisotopic (exact) mass is 448 g/mol. The van der Waals surface area contributed by atoms with Gasteiger partial charge in [0, 0.05) is 48.2 Å². The topological polar surface area (TPSA) is 31.8 Å². The van der Waals surface area contributed by atoms with Crippen molar-refractivity contribution >= 4 is 11.4 Å². The molecule has 0 atom stereocenters. The second-order valence-corrected chi connectivity index (χ2v) is 8.93. The summed E-state index contributed by atoms with van der Waals surface area (Å²) in [4.78, 5) is 0. The quantitative estimate of drug-likeness (QED) is 0.442. The van der Waals surface area contributed by atoms with E-state index in [9.17, 15) is 0 Å². The second kappa shape index (κ2) is 10.8. The largest absolute Gasteiger partial charge is 0.379 e. The minimum atomic E-state index is 0.475. The molecule has 0 spiro atoms. The van der Waals surface area contributed by atoms with E-state index in [1.165, 1.54) is 11.1 Å². The lowest BCUT2D eigenvalue weighted by atomic mass is 10.1. The van der Waals surface area contributed by atoms with Crippen LogP contribution in [-0.4, -0.2) is 13.1 Å². The molecular formula is C30H32N4+2. The van der Waals surface area contributed by atoms with E-state index in [1.54, 1.807) is 0 Å². The maximum absolute atomic E-state index is 3.56. The number of aromatic nitrogens is 2. The van der Waals surface area contributed by atoms with Crippen LogP contribution in [0.3, 0.4) is 0 Å². The Kier molecular flexibility index (Phi) is 6.96. The average Bonchev–Trinajstić information content (AvgIpc) is 3.58. The van der Waals surface area contributed by atoms with Crippen LogP contribution in [-0.2, 0) is 13.1 Å². The van der Waals surface area contributed by atoms with Crippen LogP contribution >= 0.6 is 0 Å². The van der Waals surface area contributed by atoms with Crippen molar-refractivity contribution in [2.45, 2.75) is 13.1 Å². The molecule has 1 aromatic carbocycles. The fourth-order valence-electron chi connectivity index (χ4n) is 4.41. The zero-order valence-corrected chi connectivity index (χ0v) is 19.4. The highest BCUT2D eigenvalue weighted by Gasteiger charge is 2.13. The molecule has 4 nitrogen and oxygen atoms in total. The number of nitrogens with one attached hydrogen (secondary N) is 2. The Morgan fingerprint density at radius 1 is 0.559 bits per heavy atom. The van der Waals surface area contributed by atoms with Crippen molar-refractivity contribution in [3.63, 3.8) is 0 Å². The van der Waals surface area contributed by atoms with Crippen molar-refractivity contribution in [3.8, 4) is 0 Å². The molecule has 2 heterocycles. The number of allylic oxidation sites excluding steroid dienone is 4. The van der Waals surface area contributed by atoms with Crippen LogP contribution in [0.1, 0.15) is 11.1 Å². The molecule has 0 amide bonds. The van der Waals surface area contributed by atoms with Gasteiger partial charge in [0.25, 0.3) is 0 Å². The highest BCUT2D eigenvalue weighted by Crippen LogP contribution is 2.14. The molecule has 2 aromatic heterocycles. The maximum atomic E-state index is 3.56. The Bertz CT molecular complexity index is 1120. The van der Waals surface area contributed by atoms with Gasteiger partial charge >= 0.3 is 0 Å². The molecule has 3 aromatic rings. The van der Waals surface area contributed by atoms with Gasteiger partial charge in [0.2, 0.25) is 0 Å². The van der Waals surface area contributed by atoms with Crippen LogP contribution in [0, 0.1) is 11.8 Å². The van der Waals surface area contributed by atoms with Gasteiger partial charge in [0.05, 0.1) is 11.4 Å². The lowest BCUT2D eigenvalue weighted by Crippen LogP contribution is -2.37. The van der Waals surface area contributed by atoms with E-state index in [0.29, 0.717) is 11.8 Å². The molecule has 0 fully saturated rings. The van der Waals surface area contributed by atoms with E-state index in [0.717, 1.165) is 37.6 Å². The van der Waals surface area contributed by atoms with Crippen molar-refractivity contribution in [1.82, 2.24) is 0 Å².